The monoisotopic (exact) mass is 482 g/mol. The number of benzene rings is 1. The number of cyclic esters (lactones) is 1. The Morgan fingerprint density at radius 1 is 1.30 bits per heavy atom. The first-order chi connectivity index (χ1) is 15.6. The summed E-state index contributed by atoms with van der Waals surface area (Å²) in [6, 6.07) is 4.06. The highest BCUT2D eigenvalue weighted by molar-refractivity contribution is 7.89. The van der Waals surface area contributed by atoms with E-state index in [2.05, 4.69) is 14.8 Å². The summed E-state index contributed by atoms with van der Waals surface area (Å²) < 4.78 is 37.3. The van der Waals surface area contributed by atoms with Crippen molar-refractivity contribution in [1.82, 2.24) is 14.9 Å². The summed E-state index contributed by atoms with van der Waals surface area (Å²) >= 11 is 0. The van der Waals surface area contributed by atoms with Crippen molar-refractivity contribution in [2.24, 2.45) is 5.73 Å². The van der Waals surface area contributed by atoms with E-state index in [0.717, 1.165) is 0 Å². The maximum absolute atomic E-state index is 12.6. The van der Waals surface area contributed by atoms with Crippen LogP contribution in [0.2, 0.25) is 0 Å². The van der Waals surface area contributed by atoms with Gasteiger partial charge in [-0.2, -0.15) is 0 Å². The number of carbonyl (C=O) groups excluding carboxylic acids is 3. The first-order valence-corrected chi connectivity index (χ1v) is 11.6. The van der Waals surface area contributed by atoms with Gasteiger partial charge in [-0.05, 0) is 36.3 Å². The number of sulfonamides is 1. The van der Waals surface area contributed by atoms with Crippen LogP contribution in [0.5, 0.6) is 5.75 Å². The molecule has 1 fully saturated rings. The van der Waals surface area contributed by atoms with Crippen molar-refractivity contribution in [3.63, 3.8) is 0 Å². The molecule has 0 bridgehead atoms. The minimum atomic E-state index is -3.83. The number of esters is 1. The third-order valence-corrected chi connectivity index (χ3v) is 6.62. The van der Waals surface area contributed by atoms with Crippen molar-refractivity contribution < 1.29 is 37.4 Å². The second-order valence-corrected chi connectivity index (χ2v) is 9.42. The van der Waals surface area contributed by atoms with Gasteiger partial charge in [0.25, 0.3) is 0 Å². The number of hydrogen-bond acceptors (Lipinski definition) is 9. The lowest BCUT2D eigenvalue weighted by molar-refractivity contribution is -0.155. The van der Waals surface area contributed by atoms with Crippen LogP contribution in [0.1, 0.15) is 12.8 Å². The van der Waals surface area contributed by atoms with Gasteiger partial charge >= 0.3 is 5.97 Å². The van der Waals surface area contributed by atoms with Crippen LogP contribution in [-0.4, -0.2) is 81.3 Å². The van der Waals surface area contributed by atoms with Crippen molar-refractivity contribution in [2.75, 3.05) is 26.7 Å². The summed E-state index contributed by atoms with van der Waals surface area (Å²) in [7, 11) is -2.35. The second-order valence-electron chi connectivity index (χ2n) is 7.66. The van der Waals surface area contributed by atoms with Crippen LogP contribution in [0.15, 0.2) is 40.8 Å². The predicted molar refractivity (Wildman–Crippen MR) is 114 cm³/mol. The molecule has 3 unspecified atom stereocenters. The lowest BCUT2D eigenvalue weighted by Gasteiger charge is -2.24. The van der Waals surface area contributed by atoms with E-state index in [4.69, 9.17) is 10.5 Å². The maximum Gasteiger partial charge on any atom is 0.310 e. The molecule has 3 atom stereocenters. The molecule has 5 N–H and O–H groups in total. The average Bonchev–Trinajstić information content (AvgIpc) is 3.03. The van der Waals surface area contributed by atoms with Gasteiger partial charge in [0.15, 0.2) is 0 Å². The lowest BCUT2D eigenvalue weighted by atomic mass is 10.2. The lowest BCUT2D eigenvalue weighted by Crippen LogP contribution is -2.50. The Kier molecular flexibility index (Phi) is 7.68. The molecule has 1 aromatic rings. The van der Waals surface area contributed by atoms with Gasteiger partial charge in [-0.1, -0.05) is 6.08 Å². The summed E-state index contributed by atoms with van der Waals surface area (Å²) in [4.78, 5) is 37.4. The molecule has 0 radical (unpaired) electrons. The van der Waals surface area contributed by atoms with E-state index in [1.165, 1.54) is 36.3 Å². The number of aliphatic hydroxyl groups excluding tert-OH is 1. The molecule has 2 amide bonds. The van der Waals surface area contributed by atoms with E-state index in [1.807, 2.05) is 0 Å². The summed E-state index contributed by atoms with van der Waals surface area (Å²) in [5.41, 5.74) is 6.44. The Bertz CT molecular complexity index is 1040. The molecule has 0 aromatic heterocycles. The fourth-order valence-corrected chi connectivity index (χ4v) is 4.43. The number of aliphatic hydroxyl groups is 1. The molecule has 180 valence electrons. The zero-order chi connectivity index (χ0) is 24.2. The second kappa shape index (κ2) is 10.3. The highest BCUT2D eigenvalue weighted by Gasteiger charge is 2.35. The SMILES string of the molecule is COc1ccc(S(=O)(=O)NCC2=CCC(N)C(=O)N(CC(=O)NC3CC(=O)OC3O)C2)cc1. The fraction of sp³-hybridized carbons (Fsp3) is 0.450. The molecule has 1 saturated heterocycles. The van der Waals surface area contributed by atoms with Gasteiger partial charge < -0.3 is 30.5 Å². The molecular formula is C20H26N4O8S. The third-order valence-electron chi connectivity index (χ3n) is 5.21. The first-order valence-electron chi connectivity index (χ1n) is 10.1. The minimum Gasteiger partial charge on any atom is -0.497 e. The first kappa shape index (κ1) is 24.6. The summed E-state index contributed by atoms with van der Waals surface area (Å²) in [5.74, 6) is -1.22. The smallest absolute Gasteiger partial charge is 0.310 e. The normalized spacial score (nSPS) is 23.5. The fourth-order valence-electron chi connectivity index (χ4n) is 3.40. The maximum atomic E-state index is 12.6. The standard InChI is InChI=1S/C20H26N4O8S/c1-31-13-3-5-14(6-4-13)33(29,30)22-9-12-2-7-15(21)19(27)24(10-12)11-17(25)23-16-8-18(26)32-20(16)28/h2-6,15-16,20,22,28H,7-11,21H2,1H3,(H,23,25). The Balaban J connectivity index is 1.62. The molecule has 12 nitrogen and oxygen atoms in total. The van der Waals surface area contributed by atoms with Crippen molar-refractivity contribution in [1.29, 1.82) is 0 Å². The molecule has 0 saturated carbocycles. The van der Waals surface area contributed by atoms with Crippen molar-refractivity contribution in [3.05, 3.63) is 35.9 Å². The number of nitrogens with two attached hydrogens (primary N) is 1. The molecule has 1 aromatic carbocycles. The Hall–Kier alpha value is -3.00. The number of amides is 2. The van der Waals surface area contributed by atoms with Crippen molar-refractivity contribution >= 4 is 27.8 Å². The van der Waals surface area contributed by atoms with Crippen LogP contribution in [-0.2, 0) is 29.1 Å². The number of rotatable bonds is 8. The molecule has 0 aliphatic carbocycles. The highest BCUT2D eigenvalue weighted by Crippen LogP contribution is 2.17. The van der Waals surface area contributed by atoms with Crippen molar-refractivity contribution in [2.45, 2.75) is 36.1 Å². The molecule has 3 rings (SSSR count). The number of methoxy groups -OCH3 is 1. The molecular weight excluding hydrogens is 456 g/mol. The van der Waals surface area contributed by atoms with E-state index in [9.17, 15) is 27.9 Å². The number of nitrogens with zero attached hydrogens (tertiary/aromatic N) is 1. The molecule has 0 spiro atoms. The van der Waals surface area contributed by atoms with Crippen LogP contribution in [0.25, 0.3) is 0 Å². The number of ether oxygens (including phenoxy) is 2. The quantitative estimate of drug-likeness (QED) is 0.246. The average molecular weight is 483 g/mol. The van der Waals surface area contributed by atoms with Gasteiger partial charge in [-0.15, -0.1) is 0 Å². The number of hydrogen-bond donors (Lipinski definition) is 4. The van der Waals surface area contributed by atoms with Crippen LogP contribution >= 0.6 is 0 Å². The van der Waals surface area contributed by atoms with Gasteiger partial charge in [0, 0.05) is 13.1 Å². The Labute approximate surface area is 190 Å². The molecule has 13 heteroatoms. The third kappa shape index (κ3) is 6.28. The van der Waals surface area contributed by atoms with Gasteiger partial charge in [-0.3, -0.25) is 14.4 Å². The van der Waals surface area contributed by atoms with Crippen LogP contribution in [0, 0.1) is 0 Å². The Morgan fingerprint density at radius 2 is 2.00 bits per heavy atom. The van der Waals surface area contributed by atoms with Gasteiger partial charge in [0.1, 0.15) is 11.8 Å². The zero-order valence-electron chi connectivity index (χ0n) is 17.9. The Morgan fingerprint density at radius 3 is 2.61 bits per heavy atom. The molecule has 33 heavy (non-hydrogen) atoms. The van der Waals surface area contributed by atoms with Gasteiger partial charge in [-0.25, -0.2) is 13.1 Å². The van der Waals surface area contributed by atoms with E-state index < -0.39 is 46.2 Å². The summed E-state index contributed by atoms with van der Waals surface area (Å²) in [6.45, 7) is -0.490. The van der Waals surface area contributed by atoms with Crippen molar-refractivity contribution in [3.8, 4) is 5.75 Å². The highest BCUT2D eigenvalue weighted by atomic mass is 32.2. The summed E-state index contributed by atoms with van der Waals surface area (Å²) in [6.07, 6.45) is 0.217. The summed E-state index contributed by atoms with van der Waals surface area (Å²) in [5, 5.41) is 12.1. The number of nitrogens with one attached hydrogen (secondary N) is 2. The molecule has 2 aliphatic rings. The van der Waals surface area contributed by atoms with E-state index >= 15 is 0 Å². The molecule has 2 aliphatic heterocycles. The zero-order valence-corrected chi connectivity index (χ0v) is 18.7. The van der Waals surface area contributed by atoms with Crippen LogP contribution in [0.3, 0.4) is 0 Å². The minimum absolute atomic E-state index is 0.0201. The van der Waals surface area contributed by atoms with Gasteiger partial charge in [0.2, 0.25) is 28.1 Å². The largest absolute Gasteiger partial charge is 0.497 e. The van der Waals surface area contributed by atoms with E-state index in [-0.39, 0.29) is 37.4 Å². The number of carbonyl (C=O) groups is 3. The predicted octanol–water partition coefficient (Wildman–Crippen LogP) is -1.79. The van der Waals surface area contributed by atoms with Crippen LogP contribution < -0.4 is 20.5 Å². The topological polar surface area (TPSA) is 177 Å². The molecule has 2 heterocycles. The van der Waals surface area contributed by atoms with Crippen LogP contribution in [0.4, 0.5) is 0 Å². The van der Waals surface area contributed by atoms with Gasteiger partial charge in [0.05, 0.1) is 31.0 Å². The van der Waals surface area contributed by atoms with E-state index in [0.29, 0.717) is 11.3 Å². The van der Waals surface area contributed by atoms with E-state index in [1.54, 1.807) is 6.08 Å².